The van der Waals surface area contributed by atoms with Gasteiger partial charge in [-0.15, -0.1) is 0 Å². The Hall–Kier alpha value is -0.970. The first-order valence-corrected chi connectivity index (χ1v) is 16.0. The molecular formula is C35H56O4. The van der Waals surface area contributed by atoms with Crippen molar-refractivity contribution in [2.45, 2.75) is 113 Å². The SMILES string of the molecule is C=C(C)C1CCC2(CO)CCC3(C)C(CCC4C5(C)C=C(C(OCC)OCC)C(=O)C(C)(C)C5CCC43C)C12. The van der Waals surface area contributed by atoms with Gasteiger partial charge >= 0.3 is 0 Å². The third kappa shape index (κ3) is 3.89. The molecule has 0 aromatic rings. The molecule has 4 heteroatoms. The van der Waals surface area contributed by atoms with Gasteiger partial charge in [0.05, 0.1) is 0 Å². The van der Waals surface area contributed by atoms with Crippen LogP contribution in [0, 0.1) is 56.7 Å². The summed E-state index contributed by atoms with van der Waals surface area (Å²) in [5.41, 5.74) is 2.00. The first-order chi connectivity index (χ1) is 18.3. The largest absolute Gasteiger partial charge is 0.396 e. The van der Waals surface area contributed by atoms with Crippen molar-refractivity contribution in [3.05, 3.63) is 23.8 Å². The normalized spacial score (nSPS) is 46.7. The van der Waals surface area contributed by atoms with Gasteiger partial charge in [-0.1, -0.05) is 52.8 Å². The molecule has 0 amide bonds. The van der Waals surface area contributed by atoms with Crippen molar-refractivity contribution < 1.29 is 19.4 Å². The maximum absolute atomic E-state index is 14.0. The number of Topliss-reactive ketones (excluding diaryl/α,β-unsaturated/α-hetero) is 1. The van der Waals surface area contributed by atoms with E-state index in [0.29, 0.717) is 49.4 Å². The Bertz CT molecular complexity index is 1020. The molecule has 5 aliphatic carbocycles. The minimum Gasteiger partial charge on any atom is -0.396 e. The summed E-state index contributed by atoms with van der Waals surface area (Å²) in [6, 6.07) is 0. The molecule has 4 fully saturated rings. The molecule has 0 radical (unpaired) electrons. The Morgan fingerprint density at radius 1 is 0.949 bits per heavy atom. The average molecular weight is 541 g/mol. The van der Waals surface area contributed by atoms with E-state index in [1.165, 1.54) is 37.7 Å². The third-order valence-electron chi connectivity index (χ3n) is 13.8. The molecule has 5 rings (SSSR count). The van der Waals surface area contributed by atoms with Crippen molar-refractivity contribution in [3.63, 3.8) is 0 Å². The third-order valence-corrected chi connectivity index (χ3v) is 13.8. The van der Waals surface area contributed by atoms with Crippen LogP contribution in [0.1, 0.15) is 107 Å². The summed E-state index contributed by atoms with van der Waals surface area (Å²) in [4.78, 5) is 14.0. The lowest BCUT2D eigenvalue weighted by Crippen LogP contribution is -2.66. The monoisotopic (exact) mass is 540 g/mol. The van der Waals surface area contributed by atoms with Gasteiger partial charge in [-0.05, 0) is 123 Å². The zero-order valence-corrected chi connectivity index (χ0v) is 26.2. The van der Waals surface area contributed by atoms with Crippen molar-refractivity contribution in [3.8, 4) is 0 Å². The van der Waals surface area contributed by atoms with Crippen LogP contribution in [-0.2, 0) is 14.3 Å². The molecule has 5 aliphatic rings. The lowest BCUT2D eigenvalue weighted by Gasteiger charge is -2.71. The topological polar surface area (TPSA) is 55.8 Å². The summed E-state index contributed by atoms with van der Waals surface area (Å²) in [5.74, 6) is 2.72. The number of carbonyl (C=O) groups excluding carboxylic acids is 1. The average Bonchev–Trinajstić information content (AvgIpc) is 3.27. The van der Waals surface area contributed by atoms with E-state index in [1.54, 1.807) is 0 Å². The summed E-state index contributed by atoms with van der Waals surface area (Å²) in [6.07, 6.45) is 11.1. The van der Waals surface area contributed by atoms with Crippen molar-refractivity contribution in [2.75, 3.05) is 19.8 Å². The number of hydrogen-bond acceptors (Lipinski definition) is 4. The molecule has 39 heavy (non-hydrogen) atoms. The van der Waals surface area contributed by atoms with Crippen LogP contribution in [0.5, 0.6) is 0 Å². The van der Waals surface area contributed by atoms with E-state index in [-0.39, 0.29) is 27.4 Å². The molecule has 0 saturated heterocycles. The Kier molecular flexibility index (Phi) is 7.42. The number of aliphatic hydroxyl groups excluding tert-OH is 1. The quantitative estimate of drug-likeness (QED) is 0.265. The molecule has 0 aliphatic heterocycles. The summed E-state index contributed by atoms with van der Waals surface area (Å²) >= 11 is 0. The van der Waals surface area contributed by atoms with Crippen LogP contribution >= 0.6 is 0 Å². The van der Waals surface area contributed by atoms with E-state index in [2.05, 4.69) is 54.2 Å². The predicted octanol–water partition coefficient (Wildman–Crippen LogP) is 7.75. The summed E-state index contributed by atoms with van der Waals surface area (Å²) < 4.78 is 12.1. The van der Waals surface area contributed by atoms with Crippen LogP contribution in [0.25, 0.3) is 0 Å². The van der Waals surface area contributed by atoms with Gasteiger partial charge in [-0.3, -0.25) is 4.79 Å². The number of fused-ring (bicyclic) bond motifs is 7. The molecular weight excluding hydrogens is 484 g/mol. The van der Waals surface area contributed by atoms with Gasteiger partial charge in [-0.2, -0.15) is 0 Å². The van der Waals surface area contributed by atoms with E-state index in [4.69, 9.17) is 9.47 Å². The van der Waals surface area contributed by atoms with Crippen LogP contribution in [0.15, 0.2) is 23.8 Å². The fourth-order valence-corrected chi connectivity index (χ4v) is 11.8. The lowest BCUT2D eigenvalue weighted by atomic mass is 9.32. The van der Waals surface area contributed by atoms with Gasteiger partial charge in [0, 0.05) is 30.8 Å². The van der Waals surface area contributed by atoms with Crippen molar-refractivity contribution in [1.82, 2.24) is 0 Å². The van der Waals surface area contributed by atoms with E-state index in [1.807, 2.05) is 13.8 Å². The molecule has 0 aromatic carbocycles. The minimum atomic E-state index is -0.584. The van der Waals surface area contributed by atoms with Crippen molar-refractivity contribution in [1.29, 1.82) is 0 Å². The maximum atomic E-state index is 14.0. The number of carbonyl (C=O) groups is 1. The fraction of sp³-hybridized carbons (Fsp3) is 0.857. The molecule has 220 valence electrons. The number of hydrogen-bond donors (Lipinski definition) is 1. The summed E-state index contributed by atoms with van der Waals surface area (Å²) in [5, 5.41) is 10.8. The summed E-state index contributed by atoms with van der Waals surface area (Å²) in [7, 11) is 0. The lowest BCUT2D eigenvalue weighted by molar-refractivity contribution is -0.222. The molecule has 4 saturated carbocycles. The van der Waals surface area contributed by atoms with Gasteiger partial charge in [0.25, 0.3) is 0 Å². The van der Waals surface area contributed by atoms with Gasteiger partial charge in [0.2, 0.25) is 0 Å². The van der Waals surface area contributed by atoms with Crippen molar-refractivity contribution in [2.24, 2.45) is 56.7 Å². The molecule has 0 bridgehead atoms. The number of allylic oxidation sites excluding steroid dienone is 2. The zero-order valence-electron chi connectivity index (χ0n) is 26.2. The second-order valence-corrected chi connectivity index (χ2v) is 15.5. The Balaban J connectivity index is 1.59. The highest BCUT2D eigenvalue weighted by atomic mass is 16.7. The van der Waals surface area contributed by atoms with Crippen LogP contribution in [0.3, 0.4) is 0 Å². The van der Waals surface area contributed by atoms with E-state index < -0.39 is 11.7 Å². The van der Waals surface area contributed by atoms with E-state index in [9.17, 15) is 9.90 Å². The summed E-state index contributed by atoms with van der Waals surface area (Å²) in [6.45, 7) is 24.1. The van der Waals surface area contributed by atoms with Gasteiger partial charge < -0.3 is 14.6 Å². The highest BCUT2D eigenvalue weighted by molar-refractivity contribution is 6.01. The van der Waals surface area contributed by atoms with Gasteiger partial charge in [0.1, 0.15) is 0 Å². The molecule has 4 nitrogen and oxygen atoms in total. The highest BCUT2D eigenvalue weighted by Gasteiger charge is 2.70. The second-order valence-electron chi connectivity index (χ2n) is 15.5. The molecule has 1 N–H and O–H groups in total. The smallest absolute Gasteiger partial charge is 0.186 e. The standard InChI is InChI=1S/C35H56O4/c1-10-38-30(39-11-2)24-20-32(7)26(31(5,6)29(24)37)15-16-34(9)27(32)13-12-25-28-23(22(3)4)14-17-35(28,21-36)19-18-33(25,34)8/h20,23,25-28,30,36H,3,10-19,21H2,1-2,4-9H3. The first-order valence-electron chi connectivity index (χ1n) is 16.0. The van der Waals surface area contributed by atoms with Gasteiger partial charge in [-0.25, -0.2) is 0 Å². The fourth-order valence-electron chi connectivity index (χ4n) is 11.8. The zero-order chi connectivity index (χ0) is 28.6. The van der Waals surface area contributed by atoms with Crippen LogP contribution < -0.4 is 0 Å². The highest BCUT2D eigenvalue weighted by Crippen LogP contribution is 2.77. The number of ether oxygens (including phenoxy) is 2. The molecule has 9 unspecified atom stereocenters. The van der Waals surface area contributed by atoms with Crippen LogP contribution in [-0.4, -0.2) is 37.0 Å². The predicted molar refractivity (Wildman–Crippen MR) is 157 cm³/mol. The second kappa shape index (κ2) is 9.80. The number of rotatable bonds is 7. The Morgan fingerprint density at radius 2 is 1.62 bits per heavy atom. The van der Waals surface area contributed by atoms with E-state index >= 15 is 0 Å². The number of ketones is 1. The van der Waals surface area contributed by atoms with Crippen molar-refractivity contribution >= 4 is 5.78 Å². The Morgan fingerprint density at radius 3 is 2.21 bits per heavy atom. The molecule has 0 aromatic heterocycles. The molecule has 0 spiro atoms. The Labute approximate surface area is 238 Å². The number of aliphatic hydroxyl groups is 1. The molecule has 9 atom stereocenters. The van der Waals surface area contributed by atoms with E-state index in [0.717, 1.165) is 24.8 Å². The van der Waals surface area contributed by atoms with Crippen LogP contribution in [0.4, 0.5) is 0 Å². The molecule has 0 heterocycles. The maximum Gasteiger partial charge on any atom is 0.186 e. The minimum absolute atomic E-state index is 0.0760. The van der Waals surface area contributed by atoms with Gasteiger partial charge in [0.15, 0.2) is 12.1 Å². The van der Waals surface area contributed by atoms with Crippen LogP contribution in [0.2, 0.25) is 0 Å². The first kappa shape index (κ1) is 29.5.